The molecule has 0 aliphatic carbocycles. The number of aliphatic hydroxyl groups is 2. The number of nitrogens with zero attached hydrogens (tertiary/aromatic N) is 4. The molecule has 0 radical (unpaired) electrons. The van der Waals surface area contributed by atoms with Gasteiger partial charge in [0.05, 0.1) is 5.69 Å². The number of aliphatic hydroxyl groups excluding tert-OH is 2. The predicted molar refractivity (Wildman–Crippen MR) is 78.8 cm³/mol. The summed E-state index contributed by atoms with van der Waals surface area (Å²) in [5, 5.41) is 33.8. The molecule has 25 heavy (non-hydrogen) atoms. The molecule has 11 nitrogen and oxygen atoms in total. The number of ether oxygens (including phenoxy) is 1. The van der Waals surface area contributed by atoms with E-state index in [2.05, 4.69) is 14.6 Å². The molecule has 0 spiro atoms. The van der Waals surface area contributed by atoms with Crippen LogP contribution in [0.2, 0.25) is 0 Å². The Bertz CT molecular complexity index is 888. The van der Waals surface area contributed by atoms with Gasteiger partial charge in [-0.2, -0.15) is 10.4 Å². The van der Waals surface area contributed by atoms with Crippen molar-refractivity contribution in [2.75, 3.05) is 12.3 Å². The van der Waals surface area contributed by atoms with Crippen molar-refractivity contribution < 1.29 is 33.3 Å². The van der Waals surface area contributed by atoms with Crippen molar-refractivity contribution in [2.24, 2.45) is 0 Å². The van der Waals surface area contributed by atoms with Crippen LogP contribution in [0.4, 0.5) is 10.2 Å². The molecular formula is C12H13FN5O6P. The molecule has 0 saturated carbocycles. The van der Waals surface area contributed by atoms with Crippen molar-refractivity contribution in [1.29, 1.82) is 5.26 Å². The number of hydrogen-bond acceptors (Lipinski definition) is 9. The lowest BCUT2D eigenvalue weighted by Crippen LogP contribution is -2.43. The SMILES string of the molecule is N#C[C@@]1(c2ccc3c(N)ncnn23)O[C@](F)(CO[PH](=O)O)[C@@H](O)[C@H]1O. The minimum Gasteiger partial charge on any atom is -0.386 e. The minimum absolute atomic E-state index is 0.0658. The van der Waals surface area contributed by atoms with Gasteiger partial charge in [-0.15, -0.1) is 0 Å². The second kappa shape index (κ2) is 5.99. The van der Waals surface area contributed by atoms with E-state index >= 15 is 0 Å². The smallest absolute Gasteiger partial charge is 0.316 e. The zero-order valence-corrected chi connectivity index (χ0v) is 13.4. The maximum absolute atomic E-state index is 14.9. The van der Waals surface area contributed by atoms with Crippen molar-refractivity contribution in [3.63, 3.8) is 0 Å². The number of alkyl halides is 1. The highest BCUT2D eigenvalue weighted by molar-refractivity contribution is 7.32. The molecule has 1 aliphatic heterocycles. The summed E-state index contributed by atoms with van der Waals surface area (Å²) in [5.74, 6) is -3.03. The molecule has 1 saturated heterocycles. The molecule has 3 rings (SSSR count). The Balaban J connectivity index is 2.10. The van der Waals surface area contributed by atoms with E-state index in [1.54, 1.807) is 6.07 Å². The number of anilines is 1. The van der Waals surface area contributed by atoms with Gasteiger partial charge >= 0.3 is 8.25 Å². The summed E-state index contributed by atoms with van der Waals surface area (Å²) in [6.45, 7) is -1.16. The fourth-order valence-corrected chi connectivity index (χ4v) is 3.03. The van der Waals surface area contributed by atoms with Gasteiger partial charge < -0.3 is 30.1 Å². The quantitative estimate of drug-likeness (QED) is 0.478. The molecule has 2 aromatic rings. The topological polar surface area (TPSA) is 176 Å². The average molecular weight is 373 g/mol. The Hall–Kier alpha value is -2.13. The molecule has 1 unspecified atom stereocenters. The van der Waals surface area contributed by atoms with Crippen LogP contribution in [0, 0.1) is 11.3 Å². The molecule has 1 aliphatic rings. The average Bonchev–Trinajstić information content (AvgIpc) is 3.09. The molecule has 1 fully saturated rings. The van der Waals surface area contributed by atoms with E-state index in [0.29, 0.717) is 0 Å². The van der Waals surface area contributed by atoms with E-state index in [1.165, 1.54) is 12.1 Å². The Morgan fingerprint density at radius 2 is 2.24 bits per heavy atom. The minimum atomic E-state index is -3.52. The molecule has 5 atom stereocenters. The van der Waals surface area contributed by atoms with Crippen LogP contribution in [-0.4, -0.2) is 54.4 Å². The summed E-state index contributed by atoms with van der Waals surface area (Å²) in [4.78, 5) is 12.4. The largest absolute Gasteiger partial charge is 0.386 e. The van der Waals surface area contributed by atoms with Gasteiger partial charge in [0.25, 0.3) is 5.85 Å². The van der Waals surface area contributed by atoms with Crippen LogP contribution in [-0.2, 0) is 19.4 Å². The molecular weight excluding hydrogens is 360 g/mol. The first-order valence-electron chi connectivity index (χ1n) is 6.86. The lowest BCUT2D eigenvalue weighted by molar-refractivity contribution is -0.207. The van der Waals surface area contributed by atoms with Gasteiger partial charge in [-0.3, -0.25) is 4.57 Å². The summed E-state index contributed by atoms with van der Waals surface area (Å²) >= 11 is 0. The molecule has 0 aromatic carbocycles. The highest BCUT2D eigenvalue weighted by Gasteiger charge is 2.66. The van der Waals surface area contributed by atoms with Crippen LogP contribution in [0.1, 0.15) is 5.69 Å². The number of hydrogen-bond donors (Lipinski definition) is 4. The molecule has 0 amide bonds. The lowest BCUT2D eigenvalue weighted by atomic mass is 9.92. The van der Waals surface area contributed by atoms with Gasteiger partial charge in [0.1, 0.15) is 36.7 Å². The third kappa shape index (κ3) is 2.58. The Labute approximate surface area is 140 Å². The van der Waals surface area contributed by atoms with Gasteiger partial charge in [0, 0.05) is 0 Å². The number of nitriles is 1. The number of aromatic nitrogens is 3. The van der Waals surface area contributed by atoms with Crippen LogP contribution in [0.25, 0.3) is 5.52 Å². The normalized spacial score (nSPS) is 33.4. The van der Waals surface area contributed by atoms with Crippen LogP contribution in [0.3, 0.4) is 0 Å². The number of halogens is 1. The summed E-state index contributed by atoms with van der Waals surface area (Å²) in [6, 6.07) is 4.36. The number of nitrogen functional groups attached to an aromatic ring is 1. The Morgan fingerprint density at radius 1 is 1.52 bits per heavy atom. The van der Waals surface area contributed by atoms with Crippen molar-refractivity contribution in [2.45, 2.75) is 23.7 Å². The Morgan fingerprint density at radius 3 is 2.88 bits per heavy atom. The lowest BCUT2D eigenvalue weighted by Gasteiger charge is -2.25. The van der Waals surface area contributed by atoms with Crippen LogP contribution in [0.5, 0.6) is 0 Å². The van der Waals surface area contributed by atoms with Gasteiger partial charge in [0.15, 0.2) is 5.82 Å². The molecule has 13 heteroatoms. The van der Waals surface area contributed by atoms with Crippen molar-refractivity contribution in [1.82, 2.24) is 14.6 Å². The first-order chi connectivity index (χ1) is 11.7. The standard InChI is InChI=1S/C12H13FN5O6P/c13-12(4-23-25(21)22)9(20)8(19)11(3-14,24-12)7-2-1-6-10(15)16-5-17-18(6)7/h1-2,5,8-9,19-20,25H,4H2,(H,21,22)(H2,15,16,17)/t8-,9+,11+,12-/m1/s1. The molecule has 2 aromatic heterocycles. The monoisotopic (exact) mass is 373 g/mol. The molecule has 0 bridgehead atoms. The fourth-order valence-electron chi connectivity index (χ4n) is 2.71. The van der Waals surface area contributed by atoms with Crippen molar-refractivity contribution >= 4 is 19.6 Å². The van der Waals surface area contributed by atoms with Crippen LogP contribution in [0.15, 0.2) is 18.5 Å². The van der Waals surface area contributed by atoms with Crippen LogP contribution >= 0.6 is 8.25 Å². The summed E-state index contributed by atoms with van der Waals surface area (Å²) in [6.07, 6.45) is -3.18. The third-order valence-electron chi connectivity index (χ3n) is 3.91. The first-order valence-corrected chi connectivity index (χ1v) is 8.12. The number of nitrogens with two attached hydrogens (primary N) is 1. The van der Waals surface area contributed by atoms with Crippen LogP contribution < -0.4 is 5.73 Å². The molecule has 134 valence electrons. The predicted octanol–water partition coefficient (Wildman–Crippen LogP) is -1.15. The second-order valence-electron chi connectivity index (χ2n) is 5.34. The number of rotatable bonds is 4. The summed E-state index contributed by atoms with van der Waals surface area (Å²) in [5.41, 5.74) is 3.48. The highest BCUT2D eigenvalue weighted by Crippen LogP contribution is 2.46. The molecule has 5 N–H and O–H groups in total. The van der Waals surface area contributed by atoms with E-state index in [-0.39, 0.29) is 17.0 Å². The fraction of sp³-hybridized carbons (Fsp3) is 0.417. The van der Waals surface area contributed by atoms with Gasteiger partial charge in [-0.25, -0.2) is 13.9 Å². The summed E-state index contributed by atoms with van der Waals surface area (Å²) < 4.78 is 36.0. The maximum Gasteiger partial charge on any atom is 0.316 e. The Kier molecular flexibility index (Phi) is 4.24. The van der Waals surface area contributed by atoms with Gasteiger partial charge in [0.2, 0.25) is 5.60 Å². The highest BCUT2D eigenvalue weighted by atomic mass is 31.1. The van der Waals surface area contributed by atoms with E-state index < -0.39 is 38.5 Å². The zero-order valence-electron chi connectivity index (χ0n) is 12.4. The maximum atomic E-state index is 14.9. The summed E-state index contributed by atoms with van der Waals surface area (Å²) in [7, 11) is -3.52. The van der Waals surface area contributed by atoms with Gasteiger partial charge in [-0.05, 0) is 12.1 Å². The van der Waals surface area contributed by atoms with Crippen molar-refractivity contribution in [3.8, 4) is 6.07 Å². The number of fused-ring (bicyclic) bond motifs is 1. The van der Waals surface area contributed by atoms with E-state index in [0.717, 1.165) is 10.8 Å². The zero-order chi connectivity index (χ0) is 18.4. The van der Waals surface area contributed by atoms with Gasteiger partial charge in [-0.1, -0.05) is 0 Å². The third-order valence-corrected chi connectivity index (χ3v) is 4.30. The van der Waals surface area contributed by atoms with E-state index in [4.69, 9.17) is 15.4 Å². The van der Waals surface area contributed by atoms with E-state index in [9.17, 15) is 24.4 Å². The molecule has 3 heterocycles. The first kappa shape index (κ1) is 17.7. The van der Waals surface area contributed by atoms with E-state index in [1.807, 2.05) is 0 Å². The van der Waals surface area contributed by atoms with Crippen molar-refractivity contribution in [3.05, 3.63) is 24.2 Å². The second-order valence-corrected chi connectivity index (χ2v) is 6.16.